The van der Waals surface area contributed by atoms with Gasteiger partial charge in [-0.3, -0.25) is 14.6 Å². The van der Waals surface area contributed by atoms with Gasteiger partial charge >= 0.3 is 0 Å². The van der Waals surface area contributed by atoms with E-state index in [0.29, 0.717) is 12.3 Å². The summed E-state index contributed by atoms with van der Waals surface area (Å²) in [7, 11) is -2.99. The lowest BCUT2D eigenvalue weighted by Crippen LogP contribution is -2.58. The Balaban J connectivity index is 1.71. The molecule has 3 rings (SSSR count). The summed E-state index contributed by atoms with van der Waals surface area (Å²) in [5, 5.41) is 0. The van der Waals surface area contributed by atoms with Gasteiger partial charge in [0.1, 0.15) is 5.75 Å². The van der Waals surface area contributed by atoms with Crippen molar-refractivity contribution in [3.05, 3.63) is 29.8 Å². The second kappa shape index (κ2) is 7.94. The highest BCUT2D eigenvalue weighted by Crippen LogP contribution is 2.28. The van der Waals surface area contributed by atoms with E-state index in [4.69, 9.17) is 10.5 Å². The van der Waals surface area contributed by atoms with Crippen LogP contribution in [0.5, 0.6) is 5.75 Å². The molecule has 0 spiro atoms. The van der Waals surface area contributed by atoms with Gasteiger partial charge in [-0.15, -0.1) is 0 Å². The number of ether oxygens (including phenoxy) is 1. The van der Waals surface area contributed by atoms with Gasteiger partial charge in [0.25, 0.3) is 5.91 Å². The minimum Gasteiger partial charge on any atom is -0.484 e. The highest BCUT2D eigenvalue weighted by Gasteiger charge is 2.46. The van der Waals surface area contributed by atoms with Crippen molar-refractivity contribution in [1.82, 2.24) is 9.80 Å². The molecule has 2 heterocycles. The number of sulfone groups is 1. The van der Waals surface area contributed by atoms with Crippen LogP contribution < -0.4 is 10.5 Å². The number of carbonyl (C=O) groups excluding carboxylic acids is 1. The third-order valence-electron chi connectivity index (χ3n) is 5.08. The Morgan fingerprint density at radius 1 is 1.23 bits per heavy atom. The van der Waals surface area contributed by atoms with Crippen molar-refractivity contribution in [2.75, 3.05) is 37.7 Å². The van der Waals surface area contributed by atoms with Gasteiger partial charge in [-0.25, -0.2) is 8.42 Å². The van der Waals surface area contributed by atoms with Gasteiger partial charge < -0.3 is 10.5 Å². The van der Waals surface area contributed by atoms with E-state index in [1.54, 1.807) is 6.07 Å². The molecule has 0 aromatic heterocycles. The van der Waals surface area contributed by atoms with Crippen LogP contribution in [-0.4, -0.2) is 74.0 Å². The molecule has 2 saturated heterocycles. The molecule has 26 heavy (non-hydrogen) atoms. The van der Waals surface area contributed by atoms with Crippen LogP contribution in [0.15, 0.2) is 24.3 Å². The van der Waals surface area contributed by atoms with Crippen molar-refractivity contribution in [3.8, 4) is 5.75 Å². The van der Waals surface area contributed by atoms with E-state index in [2.05, 4.69) is 16.7 Å². The molecule has 2 fully saturated rings. The van der Waals surface area contributed by atoms with Crippen molar-refractivity contribution in [3.63, 3.8) is 0 Å². The predicted octanol–water partition coefficient (Wildman–Crippen LogP) is 0.244. The van der Waals surface area contributed by atoms with E-state index in [9.17, 15) is 13.2 Å². The number of nitrogens with two attached hydrogens (primary N) is 1. The molecule has 0 unspecified atom stereocenters. The molecule has 0 aliphatic carbocycles. The van der Waals surface area contributed by atoms with Gasteiger partial charge in [0.2, 0.25) is 0 Å². The van der Waals surface area contributed by atoms with Crippen molar-refractivity contribution in [1.29, 1.82) is 0 Å². The standard InChI is InChI=1S/C18H27N3O4S/c1-2-6-20-7-8-21(17-13-26(23,24)12-16(17)20)10-14-4-3-5-15(9-14)25-11-18(19)22/h3-5,9,16-17H,2,6-8,10-13H2,1H3,(H2,19,22)/t16-,17+/m1/s1. The van der Waals surface area contributed by atoms with Crippen LogP contribution in [0.4, 0.5) is 0 Å². The molecule has 1 aromatic carbocycles. The lowest BCUT2D eigenvalue weighted by atomic mass is 10.0. The Labute approximate surface area is 155 Å². The molecular formula is C18H27N3O4S. The van der Waals surface area contributed by atoms with Crippen molar-refractivity contribution in [2.24, 2.45) is 5.73 Å². The summed E-state index contributed by atoms with van der Waals surface area (Å²) < 4.78 is 29.8. The predicted molar refractivity (Wildman–Crippen MR) is 99.6 cm³/mol. The Hall–Kier alpha value is -1.64. The summed E-state index contributed by atoms with van der Waals surface area (Å²) in [4.78, 5) is 15.5. The summed E-state index contributed by atoms with van der Waals surface area (Å²) in [6, 6.07) is 7.67. The molecule has 2 atom stereocenters. The first kappa shape index (κ1) is 19.1. The number of hydrogen-bond donors (Lipinski definition) is 1. The molecule has 8 heteroatoms. The molecule has 0 radical (unpaired) electrons. The fraction of sp³-hybridized carbons (Fsp3) is 0.611. The van der Waals surface area contributed by atoms with Gasteiger partial charge in [0.15, 0.2) is 16.4 Å². The number of primary amides is 1. The maximum absolute atomic E-state index is 12.2. The van der Waals surface area contributed by atoms with Crippen molar-refractivity contribution in [2.45, 2.75) is 32.0 Å². The largest absolute Gasteiger partial charge is 0.484 e. The van der Waals surface area contributed by atoms with Crippen LogP contribution >= 0.6 is 0 Å². The zero-order valence-corrected chi connectivity index (χ0v) is 16.0. The minimum atomic E-state index is -2.99. The van der Waals surface area contributed by atoms with E-state index < -0.39 is 15.7 Å². The number of piperazine rings is 1. The van der Waals surface area contributed by atoms with Gasteiger partial charge in [-0.2, -0.15) is 0 Å². The topological polar surface area (TPSA) is 92.9 Å². The van der Waals surface area contributed by atoms with Crippen LogP contribution in [0.3, 0.4) is 0 Å². The van der Waals surface area contributed by atoms with Crippen LogP contribution in [0.1, 0.15) is 18.9 Å². The van der Waals surface area contributed by atoms with Gasteiger partial charge in [-0.05, 0) is 30.7 Å². The van der Waals surface area contributed by atoms with Gasteiger partial charge in [0, 0.05) is 31.7 Å². The quantitative estimate of drug-likeness (QED) is 0.728. The number of hydrogen-bond acceptors (Lipinski definition) is 6. The molecule has 0 saturated carbocycles. The average molecular weight is 381 g/mol. The van der Waals surface area contributed by atoms with Crippen LogP contribution in [0.25, 0.3) is 0 Å². The van der Waals surface area contributed by atoms with Gasteiger partial charge in [0.05, 0.1) is 11.5 Å². The lowest BCUT2D eigenvalue weighted by molar-refractivity contribution is -0.119. The molecule has 2 aliphatic rings. The second-order valence-electron chi connectivity index (χ2n) is 7.12. The molecular weight excluding hydrogens is 354 g/mol. The number of fused-ring (bicyclic) bond motifs is 1. The van der Waals surface area contributed by atoms with E-state index in [-0.39, 0.29) is 30.2 Å². The van der Waals surface area contributed by atoms with Gasteiger partial charge in [-0.1, -0.05) is 19.1 Å². The highest BCUT2D eigenvalue weighted by atomic mass is 32.2. The number of benzene rings is 1. The SMILES string of the molecule is CCCN1CCN(Cc2cccc(OCC(N)=O)c2)[C@H]2CS(=O)(=O)C[C@H]21. The van der Waals surface area contributed by atoms with E-state index >= 15 is 0 Å². The number of nitrogens with zero attached hydrogens (tertiary/aromatic N) is 2. The van der Waals surface area contributed by atoms with E-state index in [1.165, 1.54) is 0 Å². The summed E-state index contributed by atoms with van der Waals surface area (Å²) in [6.45, 7) is 5.33. The molecule has 2 N–H and O–H groups in total. The monoisotopic (exact) mass is 381 g/mol. The molecule has 0 bridgehead atoms. The highest BCUT2D eigenvalue weighted by molar-refractivity contribution is 7.91. The fourth-order valence-electron chi connectivity index (χ4n) is 3.98. The molecule has 7 nitrogen and oxygen atoms in total. The molecule has 1 amide bonds. The fourth-order valence-corrected chi connectivity index (χ4v) is 6.02. The van der Waals surface area contributed by atoms with Crippen LogP contribution in [-0.2, 0) is 21.2 Å². The maximum atomic E-state index is 12.2. The normalized spacial score (nSPS) is 25.7. The van der Waals surface area contributed by atoms with Crippen LogP contribution in [0.2, 0.25) is 0 Å². The Bertz CT molecular complexity index is 753. The first-order valence-electron chi connectivity index (χ1n) is 9.06. The molecule has 144 valence electrons. The third-order valence-corrected chi connectivity index (χ3v) is 6.78. The first-order chi connectivity index (χ1) is 12.4. The molecule has 1 aromatic rings. The summed E-state index contributed by atoms with van der Waals surface area (Å²) in [6.07, 6.45) is 1.03. The second-order valence-corrected chi connectivity index (χ2v) is 9.27. The summed E-state index contributed by atoms with van der Waals surface area (Å²) >= 11 is 0. The summed E-state index contributed by atoms with van der Waals surface area (Å²) in [5.41, 5.74) is 6.16. The van der Waals surface area contributed by atoms with Crippen molar-refractivity contribution < 1.29 is 17.9 Å². The Morgan fingerprint density at radius 2 is 1.92 bits per heavy atom. The van der Waals surface area contributed by atoms with Crippen molar-refractivity contribution >= 4 is 15.7 Å². The Kier molecular flexibility index (Phi) is 5.84. The van der Waals surface area contributed by atoms with E-state index in [1.807, 2.05) is 18.2 Å². The smallest absolute Gasteiger partial charge is 0.255 e. The Morgan fingerprint density at radius 3 is 2.62 bits per heavy atom. The average Bonchev–Trinajstić information content (AvgIpc) is 2.92. The summed E-state index contributed by atoms with van der Waals surface area (Å²) in [5.74, 6) is 0.578. The first-order valence-corrected chi connectivity index (χ1v) is 10.9. The van der Waals surface area contributed by atoms with Crippen LogP contribution in [0, 0.1) is 0 Å². The zero-order chi connectivity index (χ0) is 18.7. The maximum Gasteiger partial charge on any atom is 0.255 e. The number of rotatable bonds is 7. The minimum absolute atomic E-state index is 0.0375. The number of amides is 1. The third kappa shape index (κ3) is 4.55. The zero-order valence-electron chi connectivity index (χ0n) is 15.1. The molecule has 2 aliphatic heterocycles. The van der Waals surface area contributed by atoms with E-state index in [0.717, 1.165) is 31.6 Å². The number of carbonyl (C=O) groups is 1. The lowest BCUT2D eigenvalue weighted by Gasteiger charge is -2.44.